The molecule has 104 valence electrons. The summed E-state index contributed by atoms with van der Waals surface area (Å²) in [4.78, 5) is 16.3. The Balaban J connectivity index is 2.25. The minimum absolute atomic E-state index is 0.151. The van der Waals surface area contributed by atoms with Gasteiger partial charge in [-0.05, 0) is 24.5 Å². The van der Waals surface area contributed by atoms with Crippen molar-refractivity contribution in [2.75, 3.05) is 0 Å². The van der Waals surface area contributed by atoms with Crippen LogP contribution in [-0.2, 0) is 13.0 Å². The van der Waals surface area contributed by atoms with E-state index in [0.717, 1.165) is 0 Å². The molecule has 2 heterocycles. The van der Waals surface area contributed by atoms with Crippen molar-refractivity contribution in [3.05, 3.63) is 45.5 Å². The van der Waals surface area contributed by atoms with Crippen LogP contribution in [0.1, 0.15) is 36.7 Å². The first kappa shape index (κ1) is 14.0. The predicted octanol–water partition coefficient (Wildman–Crippen LogP) is 1.66. The van der Waals surface area contributed by atoms with Crippen LogP contribution >= 0.6 is 0 Å². The number of nitrogens with zero attached hydrogens (tertiary/aromatic N) is 4. The van der Waals surface area contributed by atoms with E-state index in [2.05, 4.69) is 24.0 Å². The zero-order valence-corrected chi connectivity index (χ0v) is 11.8. The average molecular weight is 272 g/mol. The molecule has 0 aromatic carbocycles. The average Bonchev–Trinajstić information content (AvgIpc) is 2.80. The minimum Gasteiger partial charge on any atom is -0.339 e. The van der Waals surface area contributed by atoms with Crippen LogP contribution in [0.3, 0.4) is 0 Å². The van der Waals surface area contributed by atoms with Gasteiger partial charge >= 0.3 is 0 Å². The van der Waals surface area contributed by atoms with E-state index in [1.807, 2.05) is 6.07 Å². The van der Waals surface area contributed by atoms with Gasteiger partial charge in [0.05, 0.1) is 6.54 Å². The third-order valence-corrected chi connectivity index (χ3v) is 2.89. The molecule has 0 amide bonds. The third-order valence-electron chi connectivity index (χ3n) is 2.89. The highest BCUT2D eigenvalue weighted by Gasteiger charge is 2.11. The SMILES string of the molecule is Cc1ccn(Cc2noc(CC(C)C)n2)c(=O)c1C#N. The lowest BCUT2D eigenvalue weighted by Crippen LogP contribution is -2.23. The molecule has 0 unspecified atom stereocenters. The Labute approximate surface area is 116 Å². The fraction of sp³-hybridized carbons (Fsp3) is 0.429. The number of nitriles is 1. The number of aryl methyl sites for hydroxylation is 1. The van der Waals surface area contributed by atoms with Gasteiger partial charge < -0.3 is 9.09 Å². The van der Waals surface area contributed by atoms with Gasteiger partial charge in [-0.2, -0.15) is 10.2 Å². The van der Waals surface area contributed by atoms with Crippen molar-refractivity contribution in [1.82, 2.24) is 14.7 Å². The summed E-state index contributed by atoms with van der Waals surface area (Å²) in [6.45, 7) is 6.07. The molecule has 0 aliphatic heterocycles. The summed E-state index contributed by atoms with van der Waals surface area (Å²) in [6, 6.07) is 3.65. The smallest absolute Gasteiger partial charge is 0.269 e. The lowest BCUT2D eigenvalue weighted by Gasteiger charge is -2.04. The maximum absolute atomic E-state index is 12.1. The van der Waals surface area contributed by atoms with Gasteiger partial charge in [0, 0.05) is 12.6 Å². The van der Waals surface area contributed by atoms with E-state index >= 15 is 0 Å². The third kappa shape index (κ3) is 2.94. The molecular formula is C14H16N4O2. The normalized spacial score (nSPS) is 10.8. The molecule has 0 aliphatic carbocycles. The standard InChI is InChI=1S/C14H16N4O2/c1-9(2)6-13-16-12(17-20-13)8-18-5-4-10(3)11(7-15)14(18)19/h4-5,9H,6,8H2,1-3H3. The predicted molar refractivity (Wildman–Crippen MR) is 72.1 cm³/mol. The summed E-state index contributed by atoms with van der Waals surface area (Å²) >= 11 is 0. The van der Waals surface area contributed by atoms with E-state index in [9.17, 15) is 4.79 Å². The van der Waals surface area contributed by atoms with Crippen molar-refractivity contribution in [3.8, 4) is 6.07 Å². The Kier molecular flexibility index (Phi) is 3.99. The van der Waals surface area contributed by atoms with Crippen LogP contribution in [0.25, 0.3) is 0 Å². The zero-order chi connectivity index (χ0) is 14.7. The molecule has 0 radical (unpaired) electrons. The number of hydrogen-bond donors (Lipinski definition) is 0. The van der Waals surface area contributed by atoms with Crippen molar-refractivity contribution in [3.63, 3.8) is 0 Å². The highest BCUT2D eigenvalue weighted by Crippen LogP contribution is 2.07. The molecule has 20 heavy (non-hydrogen) atoms. The molecule has 2 aromatic rings. The van der Waals surface area contributed by atoms with Crippen LogP contribution in [-0.4, -0.2) is 14.7 Å². The van der Waals surface area contributed by atoms with E-state index in [4.69, 9.17) is 9.78 Å². The van der Waals surface area contributed by atoms with Gasteiger partial charge in [-0.3, -0.25) is 4.79 Å². The second kappa shape index (κ2) is 5.70. The van der Waals surface area contributed by atoms with Gasteiger partial charge in [0.25, 0.3) is 5.56 Å². The highest BCUT2D eigenvalue weighted by atomic mass is 16.5. The minimum atomic E-state index is -0.331. The summed E-state index contributed by atoms with van der Waals surface area (Å²) in [5.74, 6) is 1.43. The van der Waals surface area contributed by atoms with Crippen molar-refractivity contribution in [1.29, 1.82) is 5.26 Å². The fourth-order valence-electron chi connectivity index (χ4n) is 1.86. The maximum Gasteiger partial charge on any atom is 0.269 e. The van der Waals surface area contributed by atoms with Gasteiger partial charge in [-0.25, -0.2) is 0 Å². The van der Waals surface area contributed by atoms with Gasteiger partial charge in [0.15, 0.2) is 5.82 Å². The second-order valence-corrected chi connectivity index (χ2v) is 5.12. The van der Waals surface area contributed by atoms with Crippen molar-refractivity contribution in [2.45, 2.75) is 33.7 Å². The Hall–Kier alpha value is -2.42. The molecule has 2 aromatic heterocycles. The maximum atomic E-state index is 12.1. The van der Waals surface area contributed by atoms with E-state index in [-0.39, 0.29) is 17.7 Å². The number of rotatable bonds is 4. The number of pyridine rings is 1. The highest BCUT2D eigenvalue weighted by molar-refractivity contribution is 5.34. The van der Waals surface area contributed by atoms with Crippen LogP contribution in [0.4, 0.5) is 0 Å². The van der Waals surface area contributed by atoms with Gasteiger partial charge in [0.2, 0.25) is 5.89 Å². The van der Waals surface area contributed by atoms with Crippen molar-refractivity contribution >= 4 is 0 Å². The molecular weight excluding hydrogens is 256 g/mol. The monoisotopic (exact) mass is 272 g/mol. The molecule has 0 atom stereocenters. The summed E-state index contributed by atoms with van der Waals surface area (Å²) < 4.78 is 6.54. The second-order valence-electron chi connectivity index (χ2n) is 5.12. The summed E-state index contributed by atoms with van der Waals surface area (Å²) in [5.41, 5.74) is 0.489. The molecule has 6 heteroatoms. The molecule has 0 saturated carbocycles. The first-order valence-electron chi connectivity index (χ1n) is 6.43. The Bertz CT molecular complexity index is 707. The van der Waals surface area contributed by atoms with Gasteiger partial charge in [-0.1, -0.05) is 19.0 Å². The van der Waals surface area contributed by atoms with Crippen molar-refractivity contribution < 1.29 is 4.52 Å². The van der Waals surface area contributed by atoms with E-state index < -0.39 is 0 Å². The van der Waals surface area contributed by atoms with Gasteiger partial charge in [0.1, 0.15) is 11.6 Å². The lowest BCUT2D eigenvalue weighted by molar-refractivity contribution is 0.358. The largest absolute Gasteiger partial charge is 0.339 e. The van der Waals surface area contributed by atoms with Crippen molar-refractivity contribution in [2.24, 2.45) is 5.92 Å². The fourth-order valence-corrected chi connectivity index (χ4v) is 1.86. The molecule has 6 nitrogen and oxygen atoms in total. The molecule has 0 aliphatic rings. The number of aromatic nitrogens is 3. The lowest BCUT2D eigenvalue weighted by atomic mass is 10.1. The van der Waals surface area contributed by atoms with E-state index in [1.54, 1.807) is 19.2 Å². The first-order valence-corrected chi connectivity index (χ1v) is 6.43. The summed E-state index contributed by atoms with van der Waals surface area (Å²) in [7, 11) is 0. The van der Waals surface area contributed by atoms with E-state index in [0.29, 0.717) is 29.6 Å². The van der Waals surface area contributed by atoms with Crippen LogP contribution < -0.4 is 5.56 Å². The molecule has 0 bridgehead atoms. The Morgan fingerprint density at radius 3 is 2.90 bits per heavy atom. The van der Waals surface area contributed by atoms with Crippen LogP contribution in [0.5, 0.6) is 0 Å². The molecule has 0 N–H and O–H groups in total. The zero-order valence-electron chi connectivity index (χ0n) is 11.8. The van der Waals surface area contributed by atoms with E-state index in [1.165, 1.54) is 4.57 Å². The summed E-state index contributed by atoms with van der Waals surface area (Å²) in [5, 5.41) is 12.8. The Morgan fingerprint density at radius 1 is 1.50 bits per heavy atom. The van der Waals surface area contributed by atoms with Crippen LogP contribution in [0.15, 0.2) is 21.6 Å². The quantitative estimate of drug-likeness (QED) is 0.845. The van der Waals surface area contributed by atoms with Crippen LogP contribution in [0.2, 0.25) is 0 Å². The summed E-state index contributed by atoms with van der Waals surface area (Å²) in [6.07, 6.45) is 2.34. The van der Waals surface area contributed by atoms with Crippen LogP contribution in [0, 0.1) is 24.2 Å². The molecule has 2 rings (SSSR count). The first-order chi connectivity index (χ1) is 9.51. The Morgan fingerprint density at radius 2 is 2.25 bits per heavy atom. The van der Waals surface area contributed by atoms with Gasteiger partial charge in [-0.15, -0.1) is 0 Å². The molecule has 0 saturated heterocycles. The molecule has 0 fully saturated rings. The topological polar surface area (TPSA) is 84.7 Å². The molecule has 0 spiro atoms. The number of hydrogen-bond acceptors (Lipinski definition) is 5.